The molecule has 1 rings (SSSR count). The Morgan fingerprint density at radius 2 is 1.43 bits per heavy atom. The van der Waals surface area contributed by atoms with Crippen LogP contribution in [-0.2, 0) is 33.6 Å². The van der Waals surface area contributed by atoms with Gasteiger partial charge in [0, 0.05) is 31.5 Å². The van der Waals surface area contributed by atoms with Crippen molar-refractivity contribution in [2.24, 2.45) is 38.7 Å². The van der Waals surface area contributed by atoms with E-state index in [4.69, 9.17) is 28.7 Å². The molecule has 1 unspecified atom stereocenters. The molecule has 0 bridgehead atoms. The summed E-state index contributed by atoms with van der Waals surface area (Å²) in [6.45, 7) is 1.57. The average molecular weight is 691 g/mol. The van der Waals surface area contributed by atoms with Crippen molar-refractivity contribution < 1.29 is 38.7 Å². The first-order chi connectivity index (χ1) is 21.6. The Bertz CT molecular complexity index is 1180. The van der Waals surface area contributed by atoms with Gasteiger partial charge in [-0.25, -0.2) is 0 Å². The number of rotatable bonds is 16. The molecule has 1 heterocycles. The Hall–Kier alpha value is -4.47. The number of aliphatic carboxylic acids is 1. The molecule has 1 fully saturated rings. The van der Waals surface area contributed by atoms with Crippen molar-refractivity contribution in [3.05, 3.63) is 0 Å². The molecule has 0 aliphatic carbocycles. The Balaban J connectivity index is 3.11. The Morgan fingerprint density at radius 3 is 1.96 bits per heavy atom. The summed E-state index contributed by atoms with van der Waals surface area (Å²) in [5.41, 5.74) is 26.6. The van der Waals surface area contributed by atoms with Crippen molar-refractivity contribution in [2.45, 2.75) is 69.2 Å². The highest BCUT2D eigenvalue weighted by atomic mass is 33.1. The summed E-state index contributed by atoms with van der Waals surface area (Å²) in [6, 6.07) is -6.35. The van der Waals surface area contributed by atoms with Crippen LogP contribution in [0, 0.1) is 0 Å². The average Bonchev–Trinajstić information content (AvgIpc) is 2.97. The molecule has 258 valence electrons. The first kappa shape index (κ1) is 39.6. The minimum Gasteiger partial charge on any atom is -0.481 e. The van der Waals surface area contributed by atoms with Crippen molar-refractivity contribution in [3.8, 4) is 0 Å². The fraction of sp³-hybridized carbons (Fsp3) is 0.625. The zero-order valence-electron chi connectivity index (χ0n) is 25.2. The second-order valence-electron chi connectivity index (χ2n) is 9.96. The number of nitrogens with zero attached hydrogens (tertiary/aromatic N) is 2. The topological polar surface area (TPSA) is 355 Å². The largest absolute Gasteiger partial charge is 0.481 e. The minimum absolute atomic E-state index is 0.0694. The Labute approximate surface area is 272 Å². The van der Waals surface area contributed by atoms with Gasteiger partial charge >= 0.3 is 5.97 Å². The van der Waals surface area contributed by atoms with Gasteiger partial charge < -0.3 is 60.4 Å². The van der Waals surface area contributed by atoms with Crippen molar-refractivity contribution >= 4 is 74.9 Å². The first-order valence-corrected chi connectivity index (χ1v) is 16.4. The molecular weight excluding hydrogens is 648 g/mol. The summed E-state index contributed by atoms with van der Waals surface area (Å²) in [4.78, 5) is 95.4. The molecule has 0 spiro atoms. The van der Waals surface area contributed by atoms with Gasteiger partial charge in [0.1, 0.15) is 30.2 Å². The van der Waals surface area contributed by atoms with Crippen LogP contribution in [0.2, 0.25) is 0 Å². The monoisotopic (exact) mass is 690 g/mol. The van der Waals surface area contributed by atoms with Crippen LogP contribution in [-0.4, -0.2) is 113 Å². The highest BCUT2D eigenvalue weighted by Gasteiger charge is 2.34. The molecule has 22 heteroatoms. The summed E-state index contributed by atoms with van der Waals surface area (Å²) >= 11 is 0. The summed E-state index contributed by atoms with van der Waals surface area (Å²) in [7, 11) is 2.15. The fourth-order valence-corrected chi connectivity index (χ4v) is 6.21. The van der Waals surface area contributed by atoms with Crippen molar-refractivity contribution in [2.75, 3.05) is 24.6 Å². The Kier molecular flexibility index (Phi) is 17.7. The lowest BCUT2D eigenvalue weighted by molar-refractivity contribution is -0.141. The number of carboxylic acid groups (broad SMARTS) is 1. The number of carboxylic acids is 1. The third kappa shape index (κ3) is 16.0. The van der Waals surface area contributed by atoms with Crippen LogP contribution in [0.4, 0.5) is 0 Å². The second kappa shape index (κ2) is 20.5. The number of nitrogens with one attached hydrogen (secondary N) is 5. The van der Waals surface area contributed by atoms with Gasteiger partial charge in [0.05, 0.1) is 6.42 Å². The summed E-state index contributed by atoms with van der Waals surface area (Å²) in [5.74, 6) is -6.57. The maximum Gasteiger partial charge on any atom is 0.305 e. The van der Waals surface area contributed by atoms with Gasteiger partial charge in [-0.05, 0) is 25.7 Å². The van der Waals surface area contributed by atoms with Crippen LogP contribution in [0.15, 0.2) is 9.98 Å². The van der Waals surface area contributed by atoms with Gasteiger partial charge in [-0.3, -0.25) is 43.5 Å². The molecule has 0 aromatic carbocycles. The molecule has 16 N–H and O–H groups in total. The van der Waals surface area contributed by atoms with Gasteiger partial charge in [0.2, 0.25) is 35.4 Å². The molecule has 6 amide bonds. The number of guanidine groups is 2. The maximum atomic E-state index is 13.2. The molecular formula is C24H42N12O8S2. The smallest absolute Gasteiger partial charge is 0.305 e. The first-order valence-electron chi connectivity index (χ1n) is 14.0. The van der Waals surface area contributed by atoms with E-state index in [2.05, 4.69) is 36.6 Å². The predicted molar refractivity (Wildman–Crippen MR) is 172 cm³/mol. The molecule has 0 aromatic heterocycles. The predicted octanol–water partition coefficient (Wildman–Crippen LogP) is -5.11. The van der Waals surface area contributed by atoms with Crippen molar-refractivity contribution in [1.29, 1.82) is 0 Å². The summed E-state index contributed by atoms with van der Waals surface area (Å²) in [5, 5.41) is 21.6. The highest BCUT2D eigenvalue weighted by Crippen LogP contribution is 2.24. The lowest BCUT2D eigenvalue weighted by atomic mass is 10.1. The van der Waals surface area contributed by atoms with E-state index in [1.807, 2.05) is 0 Å². The number of carbonyl (C=O) groups is 7. The van der Waals surface area contributed by atoms with E-state index in [9.17, 15) is 38.7 Å². The van der Waals surface area contributed by atoms with E-state index in [1.165, 1.54) is 6.92 Å². The number of carbonyl (C=O) groups excluding carboxylic acids is 6. The molecule has 5 atom stereocenters. The molecule has 46 heavy (non-hydrogen) atoms. The molecule has 1 aliphatic rings. The third-order valence-electron chi connectivity index (χ3n) is 6.07. The number of amides is 6. The van der Waals surface area contributed by atoms with E-state index < -0.39 is 78.0 Å². The molecule has 1 saturated heterocycles. The number of nitrogens with two attached hydrogens (primary N) is 5. The molecule has 1 aliphatic heterocycles. The zero-order chi connectivity index (χ0) is 34.8. The highest BCUT2D eigenvalue weighted by molar-refractivity contribution is 8.76. The normalized spacial score (nSPS) is 19.8. The number of primary amides is 1. The minimum atomic E-state index is -1.63. The second-order valence-corrected chi connectivity index (χ2v) is 12.5. The van der Waals surface area contributed by atoms with Crippen molar-refractivity contribution in [3.63, 3.8) is 0 Å². The van der Waals surface area contributed by atoms with E-state index in [1.54, 1.807) is 0 Å². The van der Waals surface area contributed by atoms with E-state index in [0.29, 0.717) is 12.8 Å². The summed E-state index contributed by atoms with van der Waals surface area (Å²) < 4.78 is 0. The van der Waals surface area contributed by atoms with Crippen LogP contribution < -0.4 is 55.3 Å². The molecule has 20 nitrogen and oxygen atoms in total. The van der Waals surface area contributed by atoms with Crippen LogP contribution in [0.5, 0.6) is 0 Å². The van der Waals surface area contributed by atoms with E-state index in [0.717, 1.165) is 21.6 Å². The summed E-state index contributed by atoms with van der Waals surface area (Å²) in [6.07, 6.45) is -0.0187. The van der Waals surface area contributed by atoms with Crippen LogP contribution in [0.25, 0.3) is 0 Å². The standard InChI is InChI=1S/C24H42N12O8S2/c1-11(37)32-13(5-3-7-31-24(28)29)19(41)35-16-10-46-45-9-15(36-20(42)14(8-17(38)39)34-22(16)44)21(43)33-12(18(25)40)4-2-6-30-23(26)27/h12-16H,2-10H2,1H3,(H2,25,40)(H,32,37)(H,33,43)(H,34,44)(H,35,41)(H,36,42)(H,38,39)(H4,26,27,30)(H4,28,29,31)/t12-,13-,14-,15-,16?/m0/s1. The van der Waals surface area contributed by atoms with Crippen LogP contribution in [0.3, 0.4) is 0 Å². The molecule has 0 saturated carbocycles. The fourth-order valence-electron chi connectivity index (χ4n) is 3.88. The molecule has 0 aromatic rings. The Morgan fingerprint density at radius 1 is 0.870 bits per heavy atom. The van der Waals surface area contributed by atoms with E-state index >= 15 is 0 Å². The molecule has 0 radical (unpaired) electrons. The quantitative estimate of drug-likeness (QED) is 0.0312. The zero-order valence-corrected chi connectivity index (χ0v) is 26.8. The maximum absolute atomic E-state index is 13.2. The lowest BCUT2D eigenvalue weighted by Gasteiger charge is -2.25. The lowest BCUT2D eigenvalue weighted by Crippen LogP contribution is -2.59. The van der Waals surface area contributed by atoms with Gasteiger partial charge in [0.25, 0.3) is 0 Å². The van der Waals surface area contributed by atoms with Gasteiger partial charge in [-0.2, -0.15) is 0 Å². The number of hydrogen-bond donors (Lipinski definition) is 11. The van der Waals surface area contributed by atoms with Crippen LogP contribution >= 0.6 is 21.6 Å². The van der Waals surface area contributed by atoms with Gasteiger partial charge in [0.15, 0.2) is 11.9 Å². The number of hydrogen-bond acceptors (Lipinski definition) is 11. The SMILES string of the molecule is CC(=O)N[C@@H](CCCN=C(N)N)C(=O)NC1CSSC[C@@H](C(=O)N[C@@H](CCCN=C(N)N)C(N)=O)NC(=O)[C@H](CC(=O)O)NC1=O. The number of aliphatic imine (C=N–C) groups is 2. The third-order valence-corrected chi connectivity index (χ3v) is 8.50. The van der Waals surface area contributed by atoms with E-state index in [-0.39, 0.29) is 49.4 Å². The van der Waals surface area contributed by atoms with Gasteiger partial charge in [-0.15, -0.1) is 0 Å². The van der Waals surface area contributed by atoms with Gasteiger partial charge in [-0.1, -0.05) is 21.6 Å². The van der Waals surface area contributed by atoms with Crippen LogP contribution in [0.1, 0.15) is 39.0 Å². The van der Waals surface area contributed by atoms with Crippen molar-refractivity contribution in [1.82, 2.24) is 26.6 Å².